The van der Waals surface area contributed by atoms with Gasteiger partial charge in [0.25, 0.3) is 0 Å². The van der Waals surface area contributed by atoms with Crippen molar-refractivity contribution in [3.63, 3.8) is 0 Å². The third-order valence-corrected chi connectivity index (χ3v) is 4.78. The molecule has 160 valence electrons. The van der Waals surface area contributed by atoms with Crippen LogP contribution in [0, 0.1) is 29.1 Å². The number of rotatable bonds is 5. The summed E-state index contributed by atoms with van der Waals surface area (Å²) in [6.07, 6.45) is 0. The second-order valence-electron chi connectivity index (χ2n) is 7.59. The fourth-order valence-corrected chi connectivity index (χ4v) is 3.24. The molecule has 0 atom stereocenters. The van der Waals surface area contributed by atoms with Crippen molar-refractivity contribution < 1.29 is 26.7 Å². The molecule has 0 aromatic heterocycles. The van der Waals surface area contributed by atoms with E-state index in [1.165, 1.54) is 7.11 Å². The highest BCUT2D eigenvalue weighted by atomic mass is 35.5. The zero-order chi connectivity index (χ0) is 22.3. The number of benzene rings is 2. The second-order valence-corrected chi connectivity index (χ2v) is 9.26. The smallest absolute Gasteiger partial charge is 0.200 e. The molecular weight excluding hydrogens is 436 g/mol. The second kappa shape index (κ2) is 8.19. The molecule has 2 aromatic rings. The van der Waals surface area contributed by atoms with E-state index in [1.54, 1.807) is 12.1 Å². The zero-order valence-electron chi connectivity index (χ0n) is 16.4. The Labute approximate surface area is 176 Å². The van der Waals surface area contributed by atoms with Crippen molar-refractivity contribution in [2.75, 3.05) is 12.0 Å². The summed E-state index contributed by atoms with van der Waals surface area (Å²) in [7, 11) is 1.41. The Balaban J connectivity index is 2.72. The normalized spacial score (nSPS) is 12.3. The Morgan fingerprint density at radius 3 is 1.76 bits per heavy atom. The minimum atomic E-state index is -2.26. The topological polar surface area (TPSA) is 12.5 Å². The summed E-state index contributed by atoms with van der Waals surface area (Å²) in [5.41, 5.74) is -0.392. The molecular formula is C20H20Cl2F5NO. The first kappa shape index (κ1) is 23.5. The molecule has 0 heterocycles. The SMILES string of the molecule is COc1c(CN(c2c(F)c(F)c(F)c(F)c2F)C(C)(Cl)Cl)cccc1C(C)(C)C. The molecule has 0 N–H and O–H groups in total. The summed E-state index contributed by atoms with van der Waals surface area (Å²) < 4.78 is 73.3. The van der Waals surface area contributed by atoms with Crippen molar-refractivity contribution >= 4 is 28.9 Å². The third-order valence-electron chi connectivity index (χ3n) is 4.37. The maximum Gasteiger partial charge on any atom is 0.200 e. The molecule has 0 saturated carbocycles. The van der Waals surface area contributed by atoms with Crippen LogP contribution in [-0.2, 0) is 12.0 Å². The molecule has 0 bridgehead atoms. The van der Waals surface area contributed by atoms with E-state index in [0.717, 1.165) is 12.5 Å². The number of anilines is 1. The molecule has 0 radical (unpaired) electrons. The van der Waals surface area contributed by atoms with Crippen LogP contribution in [0.5, 0.6) is 5.75 Å². The van der Waals surface area contributed by atoms with Crippen molar-refractivity contribution in [2.24, 2.45) is 0 Å². The molecule has 0 amide bonds. The summed E-state index contributed by atoms with van der Waals surface area (Å²) in [5.74, 6) is -10.1. The van der Waals surface area contributed by atoms with E-state index >= 15 is 0 Å². The van der Waals surface area contributed by atoms with Gasteiger partial charge in [0.2, 0.25) is 5.82 Å². The molecule has 0 fully saturated rings. The number of ether oxygens (including phenoxy) is 1. The number of methoxy groups -OCH3 is 1. The molecule has 2 rings (SSSR count). The highest BCUT2D eigenvalue weighted by Crippen LogP contribution is 2.41. The van der Waals surface area contributed by atoms with Crippen LogP contribution in [0.4, 0.5) is 27.6 Å². The standard InChI is InChI=1S/C20H20Cl2F5NO/c1-19(2,3)11-8-6-7-10(18(11)29-5)9-28(20(4,21)22)17-15(26)13(24)12(23)14(25)16(17)27/h6-8H,9H2,1-5H3. The van der Waals surface area contributed by atoms with Crippen molar-refractivity contribution in [1.29, 1.82) is 0 Å². The van der Waals surface area contributed by atoms with E-state index in [-0.39, 0.29) is 12.0 Å². The van der Waals surface area contributed by atoms with Crippen LogP contribution >= 0.6 is 23.2 Å². The third kappa shape index (κ3) is 4.56. The lowest BCUT2D eigenvalue weighted by molar-refractivity contribution is 0.375. The first-order chi connectivity index (χ1) is 13.2. The summed E-state index contributed by atoms with van der Waals surface area (Å²) in [6.45, 7) is 6.58. The molecule has 2 nitrogen and oxygen atoms in total. The molecule has 0 aliphatic heterocycles. The van der Waals surface area contributed by atoms with Gasteiger partial charge < -0.3 is 9.64 Å². The van der Waals surface area contributed by atoms with E-state index < -0.39 is 39.2 Å². The highest BCUT2D eigenvalue weighted by Gasteiger charge is 2.37. The van der Waals surface area contributed by atoms with E-state index in [9.17, 15) is 22.0 Å². The predicted octanol–water partition coefficient (Wildman–Crippen LogP) is 6.85. The van der Waals surface area contributed by atoms with Gasteiger partial charge in [0.15, 0.2) is 27.7 Å². The number of nitrogens with zero attached hydrogens (tertiary/aromatic N) is 1. The molecule has 0 spiro atoms. The lowest BCUT2D eigenvalue weighted by Gasteiger charge is -2.35. The fraction of sp³-hybridized carbons (Fsp3) is 0.400. The van der Waals surface area contributed by atoms with Crippen LogP contribution < -0.4 is 9.64 Å². The largest absolute Gasteiger partial charge is 0.496 e. The van der Waals surface area contributed by atoms with E-state index in [1.807, 2.05) is 26.8 Å². The van der Waals surface area contributed by atoms with Crippen LogP contribution in [0.15, 0.2) is 18.2 Å². The minimum absolute atomic E-state index is 0.345. The summed E-state index contributed by atoms with van der Waals surface area (Å²) in [5, 5.41) is 0. The van der Waals surface area contributed by atoms with Crippen LogP contribution in [0.1, 0.15) is 38.8 Å². The highest BCUT2D eigenvalue weighted by molar-refractivity contribution is 6.49. The van der Waals surface area contributed by atoms with Gasteiger partial charge in [-0.2, -0.15) is 0 Å². The Hall–Kier alpha value is -1.73. The number of hydrogen-bond donors (Lipinski definition) is 0. The van der Waals surface area contributed by atoms with Crippen LogP contribution in [0.3, 0.4) is 0 Å². The van der Waals surface area contributed by atoms with Gasteiger partial charge in [-0.25, -0.2) is 22.0 Å². The van der Waals surface area contributed by atoms with E-state index in [0.29, 0.717) is 16.2 Å². The number of alkyl halides is 2. The number of para-hydroxylation sites is 1. The molecule has 29 heavy (non-hydrogen) atoms. The fourth-order valence-electron chi connectivity index (χ4n) is 2.96. The van der Waals surface area contributed by atoms with Crippen molar-refractivity contribution in [3.05, 3.63) is 58.4 Å². The Kier molecular flexibility index (Phi) is 6.65. The average Bonchev–Trinajstić information content (AvgIpc) is 2.62. The molecule has 9 heteroatoms. The monoisotopic (exact) mass is 455 g/mol. The zero-order valence-corrected chi connectivity index (χ0v) is 18.0. The summed E-state index contributed by atoms with van der Waals surface area (Å²) >= 11 is 12.2. The van der Waals surface area contributed by atoms with Gasteiger partial charge in [-0.3, -0.25) is 0 Å². The van der Waals surface area contributed by atoms with Crippen LogP contribution in [-0.4, -0.2) is 11.6 Å². The molecule has 2 aromatic carbocycles. The first-order valence-electron chi connectivity index (χ1n) is 8.55. The van der Waals surface area contributed by atoms with Crippen molar-refractivity contribution in [1.82, 2.24) is 0 Å². The molecule has 0 aliphatic carbocycles. The number of halogens is 7. The first-order valence-corrected chi connectivity index (χ1v) is 9.30. The van der Waals surface area contributed by atoms with E-state index in [2.05, 4.69) is 0 Å². The van der Waals surface area contributed by atoms with Gasteiger partial charge in [-0.05, 0) is 17.9 Å². The van der Waals surface area contributed by atoms with Crippen LogP contribution in [0.2, 0.25) is 0 Å². The Morgan fingerprint density at radius 1 is 0.862 bits per heavy atom. The average molecular weight is 456 g/mol. The van der Waals surface area contributed by atoms with Gasteiger partial charge >= 0.3 is 0 Å². The predicted molar refractivity (Wildman–Crippen MR) is 104 cm³/mol. The van der Waals surface area contributed by atoms with Crippen LogP contribution in [0.25, 0.3) is 0 Å². The van der Waals surface area contributed by atoms with E-state index in [4.69, 9.17) is 27.9 Å². The maximum atomic E-state index is 14.4. The van der Waals surface area contributed by atoms with Crippen molar-refractivity contribution in [2.45, 2.75) is 44.1 Å². The summed E-state index contributed by atoms with van der Waals surface area (Å²) in [6, 6.07) is 5.09. The number of hydrogen-bond acceptors (Lipinski definition) is 2. The lowest BCUT2D eigenvalue weighted by atomic mass is 9.85. The quantitative estimate of drug-likeness (QED) is 0.161. The summed E-state index contributed by atoms with van der Waals surface area (Å²) in [4.78, 5) is 0.691. The maximum absolute atomic E-state index is 14.4. The van der Waals surface area contributed by atoms with Gasteiger partial charge in [0.1, 0.15) is 11.4 Å². The molecule has 0 aliphatic rings. The van der Waals surface area contributed by atoms with Crippen molar-refractivity contribution in [3.8, 4) is 5.75 Å². The van der Waals surface area contributed by atoms with Gasteiger partial charge in [-0.1, -0.05) is 62.2 Å². The Bertz CT molecular complexity index is 894. The Morgan fingerprint density at radius 2 is 1.34 bits per heavy atom. The van der Waals surface area contributed by atoms with Gasteiger partial charge in [0.05, 0.1) is 7.11 Å². The van der Waals surface area contributed by atoms with Gasteiger partial charge in [0, 0.05) is 12.1 Å². The molecule has 0 unspecified atom stereocenters. The van der Waals surface area contributed by atoms with Gasteiger partial charge in [-0.15, -0.1) is 0 Å². The minimum Gasteiger partial charge on any atom is -0.496 e. The molecule has 0 saturated heterocycles. The lowest BCUT2D eigenvalue weighted by Crippen LogP contribution is -2.39.